The lowest BCUT2D eigenvalue weighted by atomic mass is 9.98. The molecule has 0 unspecified atom stereocenters. The van der Waals surface area contributed by atoms with E-state index < -0.39 is 0 Å². The monoisotopic (exact) mass is 333 g/mol. The van der Waals surface area contributed by atoms with Gasteiger partial charge in [-0.25, -0.2) is 9.78 Å². The molecule has 1 aliphatic heterocycles. The molecule has 1 aliphatic rings. The predicted molar refractivity (Wildman–Crippen MR) is 98.3 cm³/mol. The van der Waals surface area contributed by atoms with E-state index in [2.05, 4.69) is 41.3 Å². The number of hydrogen-bond acceptors (Lipinski definition) is 4. The number of carbonyl (C=O) groups excluding carboxylic acids is 1. The summed E-state index contributed by atoms with van der Waals surface area (Å²) in [5, 5.41) is 5.99. The summed E-state index contributed by atoms with van der Waals surface area (Å²) in [6.07, 6.45) is 2.00. The van der Waals surface area contributed by atoms with Gasteiger partial charge in [-0.05, 0) is 45.7 Å². The molecule has 1 saturated heterocycles. The number of piperidine rings is 1. The summed E-state index contributed by atoms with van der Waals surface area (Å²) in [6, 6.07) is 5.98. The zero-order valence-electron chi connectivity index (χ0n) is 15.6. The van der Waals surface area contributed by atoms with Gasteiger partial charge in [-0.2, -0.15) is 0 Å². The topological polar surface area (TPSA) is 60.5 Å². The Kier molecular flexibility index (Phi) is 6.04. The highest BCUT2D eigenvalue weighted by molar-refractivity contribution is 5.74. The predicted octanol–water partition coefficient (Wildman–Crippen LogP) is 2.21. The number of aromatic nitrogens is 1. The van der Waals surface area contributed by atoms with Crippen LogP contribution in [0.5, 0.6) is 0 Å². The zero-order valence-corrected chi connectivity index (χ0v) is 15.6. The van der Waals surface area contributed by atoms with E-state index >= 15 is 0 Å². The van der Waals surface area contributed by atoms with Gasteiger partial charge in [-0.15, -0.1) is 0 Å². The molecule has 2 amide bonds. The Labute approximate surface area is 145 Å². The fraction of sp³-hybridized carbons (Fsp3) is 0.667. The molecule has 2 N–H and O–H groups in total. The normalized spacial score (nSPS) is 16.7. The molecule has 1 fully saturated rings. The third-order valence-electron chi connectivity index (χ3n) is 4.46. The number of anilines is 1. The molecule has 24 heavy (non-hydrogen) atoms. The van der Waals surface area contributed by atoms with Crippen molar-refractivity contribution in [1.29, 1.82) is 0 Å². The van der Waals surface area contributed by atoms with E-state index in [4.69, 9.17) is 0 Å². The fourth-order valence-corrected chi connectivity index (χ4v) is 2.92. The van der Waals surface area contributed by atoms with Crippen LogP contribution >= 0.6 is 0 Å². The van der Waals surface area contributed by atoms with Gasteiger partial charge in [0.2, 0.25) is 0 Å². The van der Waals surface area contributed by atoms with E-state index in [1.165, 1.54) is 0 Å². The molecule has 0 aliphatic carbocycles. The molecular weight excluding hydrogens is 302 g/mol. The Balaban J connectivity index is 1.75. The van der Waals surface area contributed by atoms with Gasteiger partial charge in [-0.3, -0.25) is 4.90 Å². The fourth-order valence-electron chi connectivity index (χ4n) is 2.92. The van der Waals surface area contributed by atoms with Crippen LogP contribution in [0.2, 0.25) is 0 Å². The van der Waals surface area contributed by atoms with Gasteiger partial charge < -0.3 is 15.5 Å². The van der Waals surface area contributed by atoms with Gasteiger partial charge in [0.25, 0.3) is 0 Å². The molecule has 0 bridgehead atoms. The average molecular weight is 333 g/mol. The van der Waals surface area contributed by atoms with E-state index in [0.29, 0.717) is 6.54 Å². The van der Waals surface area contributed by atoms with Crippen LogP contribution in [0.25, 0.3) is 0 Å². The van der Waals surface area contributed by atoms with Crippen molar-refractivity contribution in [3.05, 3.63) is 23.9 Å². The maximum Gasteiger partial charge on any atom is 0.315 e. The SMILES string of the molecule is CN(C)c1cccc(CNC(=O)NC2CCN(C(C)(C)C)CC2)n1. The van der Waals surface area contributed by atoms with Crippen LogP contribution < -0.4 is 15.5 Å². The number of hydrogen-bond donors (Lipinski definition) is 2. The Hall–Kier alpha value is -1.82. The van der Waals surface area contributed by atoms with Crippen molar-refractivity contribution in [3.8, 4) is 0 Å². The maximum atomic E-state index is 12.1. The van der Waals surface area contributed by atoms with Gasteiger partial charge in [0.05, 0.1) is 12.2 Å². The van der Waals surface area contributed by atoms with Crippen LogP contribution in [0.15, 0.2) is 18.2 Å². The molecule has 0 spiro atoms. The molecule has 1 aromatic rings. The van der Waals surface area contributed by atoms with Gasteiger partial charge in [0.15, 0.2) is 0 Å². The van der Waals surface area contributed by atoms with Crippen molar-refractivity contribution in [2.45, 2.75) is 51.7 Å². The van der Waals surface area contributed by atoms with Crippen LogP contribution in [-0.4, -0.2) is 54.7 Å². The van der Waals surface area contributed by atoms with E-state index in [0.717, 1.165) is 37.4 Å². The lowest BCUT2D eigenvalue weighted by Crippen LogP contribution is -2.52. The number of urea groups is 1. The molecule has 0 saturated carbocycles. The van der Waals surface area contributed by atoms with Crippen molar-refractivity contribution < 1.29 is 4.79 Å². The Bertz CT molecular complexity index is 545. The summed E-state index contributed by atoms with van der Waals surface area (Å²) in [5.74, 6) is 0.893. The standard InChI is InChI=1S/C18H31N5O/c1-18(2,3)23-11-9-14(10-12-23)21-17(24)19-13-15-7-6-8-16(20-15)22(4)5/h6-8,14H,9-13H2,1-5H3,(H2,19,21,24). The smallest absolute Gasteiger partial charge is 0.315 e. The first kappa shape index (κ1) is 18.5. The van der Waals surface area contributed by atoms with E-state index in [1.807, 2.05) is 37.2 Å². The van der Waals surface area contributed by atoms with Gasteiger partial charge in [0.1, 0.15) is 5.82 Å². The molecule has 2 rings (SSSR count). The second kappa shape index (κ2) is 7.83. The number of likely N-dealkylation sites (tertiary alicyclic amines) is 1. The zero-order chi connectivity index (χ0) is 17.7. The summed E-state index contributed by atoms with van der Waals surface area (Å²) in [5.41, 5.74) is 1.06. The second-order valence-electron chi connectivity index (χ2n) is 7.64. The Morgan fingerprint density at radius 3 is 2.54 bits per heavy atom. The molecule has 6 heteroatoms. The molecule has 6 nitrogen and oxygen atoms in total. The van der Waals surface area contributed by atoms with Gasteiger partial charge in [-0.1, -0.05) is 6.07 Å². The first-order valence-corrected chi connectivity index (χ1v) is 8.68. The lowest BCUT2D eigenvalue weighted by molar-refractivity contribution is 0.0978. The van der Waals surface area contributed by atoms with Crippen LogP contribution in [0, 0.1) is 0 Å². The number of nitrogens with one attached hydrogen (secondary N) is 2. The Morgan fingerprint density at radius 2 is 1.96 bits per heavy atom. The van der Waals surface area contributed by atoms with Crippen molar-refractivity contribution in [2.75, 3.05) is 32.1 Å². The van der Waals surface area contributed by atoms with Crippen molar-refractivity contribution >= 4 is 11.8 Å². The van der Waals surface area contributed by atoms with Crippen molar-refractivity contribution in [3.63, 3.8) is 0 Å². The highest BCUT2D eigenvalue weighted by Crippen LogP contribution is 2.20. The minimum atomic E-state index is -0.110. The van der Waals surface area contributed by atoms with Crippen molar-refractivity contribution in [1.82, 2.24) is 20.5 Å². The highest BCUT2D eigenvalue weighted by Gasteiger charge is 2.27. The highest BCUT2D eigenvalue weighted by atomic mass is 16.2. The first-order chi connectivity index (χ1) is 11.3. The van der Waals surface area contributed by atoms with E-state index in [-0.39, 0.29) is 17.6 Å². The molecule has 134 valence electrons. The number of carbonyl (C=O) groups is 1. The maximum absolute atomic E-state index is 12.1. The van der Waals surface area contributed by atoms with Crippen LogP contribution in [0.4, 0.5) is 10.6 Å². The van der Waals surface area contributed by atoms with Gasteiger partial charge in [0, 0.05) is 38.8 Å². The lowest BCUT2D eigenvalue weighted by Gasteiger charge is -2.41. The quantitative estimate of drug-likeness (QED) is 0.887. The molecule has 0 aromatic carbocycles. The van der Waals surface area contributed by atoms with E-state index in [1.54, 1.807) is 0 Å². The van der Waals surface area contributed by atoms with Crippen LogP contribution in [0.1, 0.15) is 39.3 Å². The summed E-state index contributed by atoms with van der Waals surface area (Å²) in [7, 11) is 3.91. The van der Waals surface area contributed by atoms with Crippen LogP contribution in [0.3, 0.4) is 0 Å². The third-order valence-corrected chi connectivity index (χ3v) is 4.46. The number of rotatable bonds is 4. The van der Waals surface area contributed by atoms with Crippen molar-refractivity contribution in [2.24, 2.45) is 0 Å². The molecular formula is C18H31N5O. The molecule has 1 aromatic heterocycles. The molecule has 0 radical (unpaired) electrons. The largest absolute Gasteiger partial charge is 0.363 e. The number of nitrogens with zero attached hydrogens (tertiary/aromatic N) is 3. The van der Waals surface area contributed by atoms with Gasteiger partial charge >= 0.3 is 6.03 Å². The summed E-state index contributed by atoms with van der Waals surface area (Å²) >= 11 is 0. The molecule has 2 heterocycles. The molecule has 0 atom stereocenters. The van der Waals surface area contributed by atoms with E-state index in [9.17, 15) is 4.79 Å². The average Bonchev–Trinajstić information content (AvgIpc) is 2.53. The third kappa shape index (κ3) is 5.37. The summed E-state index contributed by atoms with van der Waals surface area (Å²) < 4.78 is 0. The number of amides is 2. The Morgan fingerprint density at radius 1 is 1.29 bits per heavy atom. The summed E-state index contributed by atoms with van der Waals surface area (Å²) in [6.45, 7) is 9.21. The second-order valence-corrected chi connectivity index (χ2v) is 7.64. The first-order valence-electron chi connectivity index (χ1n) is 8.68. The number of pyridine rings is 1. The van der Waals surface area contributed by atoms with Crippen LogP contribution in [-0.2, 0) is 6.54 Å². The minimum Gasteiger partial charge on any atom is -0.363 e. The minimum absolute atomic E-state index is 0.110. The summed E-state index contributed by atoms with van der Waals surface area (Å²) in [4.78, 5) is 21.0.